The number of amides is 1. The van der Waals surface area contributed by atoms with Gasteiger partial charge in [0.1, 0.15) is 0 Å². The first-order chi connectivity index (χ1) is 9.63. The summed E-state index contributed by atoms with van der Waals surface area (Å²) in [7, 11) is -1.85. The summed E-state index contributed by atoms with van der Waals surface area (Å²) in [6.45, 7) is 13.2. The first-order valence-electron chi connectivity index (χ1n) is 7.66. The van der Waals surface area contributed by atoms with Crippen molar-refractivity contribution in [1.82, 2.24) is 5.32 Å². The molecule has 21 heavy (non-hydrogen) atoms. The maximum Gasteiger partial charge on any atom is 0.228 e. The molecule has 2 rings (SSSR count). The third-order valence-electron chi connectivity index (χ3n) is 4.91. The third-order valence-corrected chi connectivity index (χ3v) is 9.48. The summed E-state index contributed by atoms with van der Waals surface area (Å²) < 4.78 is 6.41. The maximum atomic E-state index is 12.0. The average molecular weight is 305 g/mol. The molecule has 1 saturated heterocycles. The van der Waals surface area contributed by atoms with Gasteiger partial charge in [0.2, 0.25) is 5.91 Å². The summed E-state index contributed by atoms with van der Waals surface area (Å²) in [5.74, 6) is 0.0246. The molecule has 1 aliphatic heterocycles. The highest BCUT2D eigenvalue weighted by Gasteiger charge is 2.47. The van der Waals surface area contributed by atoms with Crippen molar-refractivity contribution in [3.63, 3.8) is 0 Å². The van der Waals surface area contributed by atoms with Gasteiger partial charge in [-0.1, -0.05) is 51.1 Å². The van der Waals surface area contributed by atoms with Crippen molar-refractivity contribution in [2.75, 3.05) is 0 Å². The molecule has 0 unspecified atom stereocenters. The molecular formula is C17H27NO2Si. The molecule has 3 atom stereocenters. The molecule has 3 nitrogen and oxygen atoms in total. The second kappa shape index (κ2) is 5.58. The number of β-lactam (4-membered cyclic amide) rings is 1. The first kappa shape index (κ1) is 16.2. The van der Waals surface area contributed by atoms with Crippen LogP contribution < -0.4 is 5.32 Å². The normalized spacial score (nSPS) is 24.2. The van der Waals surface area contributed by atoms with E-state index in [0.29, 0.717) is 0 Å². The largest absolute Gasteiger partial charge is 0.413 e. The SMILES string of the molecule is C[C@@H](O[Si](C)(C)C(C)(C)C)[C@H]1C(=O)N[C@H]1c1ccccc1. The lowest BCUT2D eigenvalue weighted by atomic mass is 9.82. The highest BCUT2D eigenvalue weighted by molar-refractivity contribution is 6.74. The summed E-state index contributed by atoms with van der Waals surface area (Å²) in [4.78, 5) is 12.0. The first-order valence-corrected chi connectivity index (χ1v) is 10.6. The van der Waals surface area contributed by atoms with Crippen molar-refractivity contribution >= 4 is 14.2 Å². The maximum absolute atomic E-state index is 12.0. The Morgan fingerprint density at radius 2 is 1.76 bits per heavy atom. The Morgan fingerprint density at radius 3 is 2.24 bits per heavy atom. The summed E-state index contributed by atoms with van der Waals surface area (Å²) in [5, 5.41) is 3.17. The lowest BCUT2D eigenvalue weighted by Gasteiger charge is -2.45. The quantitative estimate of drug-likeness (QED) is 0.677. The second-order valence-corrected chi connectivity index (χ2v) is 12.3. The molecule has 1 aromatic rings. The van der Waals surface area contributed by atoms with Crippen molar-refractivity contribution in [2.45, 2.75) is 58.0 Å². The summed E-state index contributed by atoms with van der Waals surface area (Å²) >= 11 is 0. The molecule has 116 valence electrons. The molecule has 0 bridgehead atoms. The lowest BCUT2D eigenvalue weighted by Crippen LogP contribution is -2.58. The van der Waals surface area contributed by atoms with Crippen LogP contribution in [0, 0.1) is 5.92 Å². The Kier molecular flexibility index (Phi) is 4.31. The van der Waals surface area contributed by atoms with E-state index in [9.17, 15) is 4.79 Å². The van der Waals surface area contributed by atoms with Crippen LogP contribution in [0.1, 0.15) is 39.3 Å². The molecule has 1 amide bonds. The minimum Gasteiger partial charge on any atom is -0.413 e. The Bertz CT molecular complexity index is 507. The number of benzene rings is 1. The topological polar surface area (TPSA) is 38.3 Å². The van der Waals surface area contributed by atoms with E-state index in [4.69, 9.17) is 4.43 Å². The van der Waals surface area contributed by atoms with E-state index in [1.165, 1.54) is 0 Å². The van der Waals surface area contributed by atoms with E-state index in [0.717, 1.165) is 5.56 Å². The second-order valence-electron chi connectivity index (χ2n) is 7.51. The van der Waals surface area contributed by atoms with Gasteiger partial charge in [-0.05, 0) is 30.6 Å². The van der Waals surface area contributed by atoms with E-state index in [-0.39, 0.29) is 29.0 Å². The van der Waals surface area contributed by atoms with Crippen LogP contribution in [0.15, 0.2) is 30.3 Å². The molecule has 1 heterocycles. The number of hydrogen-bond donors (Lipinski definition) is 1. The molecule has 0 aromatic heterocycles. The van der Waals surface area contributed by atoms with Crippen LogP contribution in [0.5, 0.6) is 0 Å². The summed E-state index contributed by atoms with van der Waals surface area (Å²) in [6.07, 6.45) is -0.0511. The highest BCUT2D eigenvalue weighted by Crippen LogP contribution is 2.41. The fourth-order valence-electron chi connectivity index (χ4n) is 2.54. The van der Waals surface area contributed by atoms with Gasteiger partial charge >= 0.3 is 0 Å². The summed E-state index contributed by atoms with van der Waals surface area (Å²) in [5.41, 5.74) is 1.16. The van der Waals surface area contributed by atoms with Crippen molar-refractivity contribution in [1.29, 1.82) is 0 Å². The molecule has 0 aliphatic carbocycles. The van der Waals surface area contributed by atoms with Crippen molar-refractivity contribution < 1.29 is 9.22 Å². The van der Waals surface area contributed by atoms with Crippen LogP contribution in [0.2, 0.25) is 18.1 Å². The molecule has 1 N–H and O–H groups in total. The molecule has 1 fully saturated rings. The third kappa shape index (κ3) is 3.21. The molecule has 0 spiro atoms. The van der Waals surface area contributed by atoms with Gasteiger partial charge in [-0.3, -0.25) is 4.79 Å². The number of nitrogens with one attached hydrogen (secondary N) is 1. The van der Waals surface area contributed by atoms with Gasteiger partial charge in [0.05, 0.1) is 18.1 Å². The van der Waals surface area contributed by atoms with Gasteiger partial charge in [-0.15, -0.1) is 0 Å². The number of rotatable bonds is 4. The van der Waals surface area contributed by atoms with Crippen LogP contribution in [-0.2, 0) is 9.22 Å². The molecule has 1 aliphatic rings. The molecule has 0 saturated carbocycles. The number of hydrogen-bond acceptors (Lipinski definition) is 2. The van der Waals surface area contributed by atoms with E-state index < -0.39 is 8.32 Å². The van der Waals surface area contributed by atoms with Gasteiger partial charge in [-0.2, -0.15) is 0 Å². The fraction of sp³-hybridized carbons (Fsp3) is 0.588. The van der Waals surface area contributed by atoms with Gasteiger partial charge in [-0.25, -0.2) is 0 Å². The van der Waals surface area contributed by atoms with Gasteiger partial charge < -0.3 is 9.74 Å². The Labute approximate surface area is 129 Å². The minimum atomic E-state index is -1.85. The van der Waals surface area contributed by atoms with Crippen LogP contribution in [0.25, 0.3) is 0 Å². The van der Waals surface area contributed by atoms with E-state index >= 15 is 0 Å². The zero-order valence-corrected chi connectivity index (χ0v) is 14.9. The van der Waals surface area contributed by atoms with Crippen LogP contribution in [0.3, 0.4) is 0 Å². The molecular weight excluding hydrogens is 278 g/mol. The zero-order valence-electron chi connectivity index (χ0n) is 13.9. The average Bonchev–Trinajstić information content (AvgIpc) is 2.34. The van der Waals surface area contributed by atoms with Crippen molar-refractivity contribution in [3.8, 4) is 0 Å². The lowest BCUT2D eigenvalue weighted by molar-refractivity contribution is -0.140. The van der Waals surface area contributed by atoms with Crippen LogP contribution in [-0.4, -0.2) is 20.3 Å². The standard InChI is InChI=1S/C17H27NO2Si/c1-12(20-21(5,6)17(2,3)4)14-15(18-16(14)19)13-10-8-7-9-11-13/h7-12,14-15H,1-6H3,(H,18,19)/t12-,14-,15+/m1/s1. The monoisotopic (exact) mass is 305 g/mol. The van der Waals surface area contributed by atoms with Gasteiger partial charge in [0.25, 0.3) is 0 Å². The van der Waals surface area contributed by atoms with Gasteiger partial charge in [0.15, 0.2) is 8.32 Å². The van der Waals surface area contributed by atoms with Crippen LogP contribution >= 0.6 is 0 Å². The molecule has 4 heteroatoms. The van der Waals surface area contributed by atoms with Crippen molar-refractivity contribution in [3.05, 3.63) is 35.9 Å². The predicted molar refractivity (Wildman–Crippen MR) is 88.6 cm³/mol. The van der Waals surface area contributed by atoms with Crippen molar-refractivity contribution in [2.24, 2.45) is 5.92 Å². The smallest absolute Gasteiger partial charge is 0.228 e. The number of carbonyl (C=O) groups excluding carboxylic acids is 1. The van der Waals surface area contributed by atoms with Gasteiger partial charge in [0, 0.05) is 0 Å². The predicted octanol–water partition coefficient (Wildman–Crippen LogP) is 3.88. The fourth-order valence-corrected chi connectivity index (χ4v) is 3.97. The summed E-state index contributed by atoms with van der Waals surface area (Å²) in [6, 6.07) is 10.2. The Balaban J connectivity index is 2.11. The highest BCUT2D eigenvalue weighted by atomic mass is 28.4. The Morgan fingerprint density at radius 1 is 1.19 bits per heavy atom. The Hall–Kier alpha value is -1.13. The van der Waals surface area contributed by atoms with E-state index in [2.05, 4.69) is 51.3 Å². The van der Waals surface area contributed by atoms with Crippen LogP contribution in [0.4, 0.5) is 0 Å². The zero-order chi connectivity index (χ0) is 15.8. The minimum absolute atomic E-state index is 0.0511. The molecule has 0 radical (unpaired) electrons. The molecule has 1 aromatic carbocycles. The van der Waals surface area contributed by atoms with E-state index in [1.807, 2.05) is 25.1 Å². The van der Waals surface area contributed by atoms with E-state index in [1.54, 1.807) is 0 Å². The number of carbonyl (C=O) groups is 1.